The van der Waals surface area contributed by atoms with Crippen LogP contribution < -0.4 is 10.6 Å². The number of ether oxygens (including phenoxy) is 6. The van der Waals surface area contributed by atoms with Crippen molar-refractivity contribution in [1.29, 1.82) is 5.26 Å². The average molecular weight is 936 g/mol. The lowest BCUT2D eigenvalue weighted by molar-refractivity contribution is -0.318. The summed E-state index contributed by atoms with van der Waals surface area (Å²) in [6.45, 7) is 18.3. The number of urea groups is 1. The summed E-state index contributed by atoms with van der Waals surface area (Å²) in [5, 5.41) is 74.5. The van der Waals surface area contributed by atoms with E-state index >= 15 is 0 Å². The van der Waals surface area contributed by atoms with Crippen LogP contribution in [0.5, 0.6) is 0 Å². The summed E-state index contributed by atoms with van der Waals surface area (Å²) in [4.78, 5) is 31.2. The number of rotatable bonds is 12. The van der Waals surface area contributed by atoms with Gasteiger partial charge >= 0.3 is 12.0 Å². The minimum Gasteiger partial charge on any atom is -0.459 e. The molecule has 4 rings (SSSR count). The van der Waals surface area contributed by atoms with Crippen molar-refractivity contribution in [3.63, 3.8) is 0 Å². The predicted molar refractivity (Wildman–Crippen MR) is 246 cm³/mol. The Labute approximate surface area is 392 Å². The number of nitrogens with zero attached hydrogens (tertiary/aromatic N) is 3. The molecule has 0 unspecified atom stereocenters. The van der Waals surface area contributed by atoms with Crippen molar-refractivity contribution in [3.05, 3.63) is 29.8 Å². The number of hydrogen-bond acceptors (Lipinski definition) is 16. The summed E-state index contributed by atoms with van der Waals surface area (Å²) in [6, 6.07) is 7.07. The molecule has 3 aliphatic rings. The van der Waals surface area contributed by atoms with Crippen molar-refractivity contribution >= 4 is 17.7 Å². The molecule has 3 fully saturated rings. The first-order chi connectivity index (χ1) is 30.8. The molecule has 18 nitrogen and oxygen atoms in total. The van der Waals surface area contributed by atoms with Crippen molar-refractivity contribution in [2.45, 2.75) is 192 Å². The number of amides is 2. The van der Waals surface area contributed by atoms with Gasteiger partial charge in [0.05, 0.1) is 53.2 Å². The van der Waals surface area contributed by atoms with Crippen LogP contribution in [0.4, 0.5) is 10.5 Å². The zero-order chi connectivity index (χ0) is 49.5. The van der Waals surface area contributed by atoms with Gasteiger partial charge in [0, 0.05) is 56.9 Å². The Balaban J connectivity index is 1.73. The molecule has 376 valence electrons. The lowest BCUT2D eigenvalue weighted by atomic mass is 9.77. The third-order valence-corrected chi connectivity index (χ3v) is 14.2. The zero-order valence-corrected chi connectivity index (χ0v) is 41.5. The Morgan fingerprint density at radius 2 is 1.64 bits per heavy atom. The van der Waals surface area contributed by atoms with Crippen molar-refractivity contribution in [1.82, 2.24) is 15.1 Å². The highest BCUT2D eigenvalue weighted by molar-refractivity contribution is 5.89. The molecule has 0 radical (unpaired) electrons. The standard InChI is InChI=1S/C48H81N5O13/c1-14-36-48(10,60)40(55)31(6)53(21-15-20-50-45(58)51-34-18-16-33(25-49)17-19-34)26-27(2)23-46(8,59)42(66-44-38(54)35(52(11)12)22-28(3)62-44)29(4)39(30(5)43(57)64-36)65-37-24-47(9,61-13)41(56)32(7)63-37/h16-19,27-32,35-42,44,54-56,59-60H,14-15,20-24,26H2,1-13H3,(H2,50,51,58)/t27-,28-,29+,30-,31-,32+,35+,36-,37+,38-,39+,40-,41+,42-,44+,46-,47-,48-/m1/s1. The molecular formula is C48H81N5O13. The number of carbonyl (C=O) groups is 2. The third kappa shape index (κ3) is 13.6. The Hall–Kier alpha value is -3.03. The van der Waals surface area contributed by atoms with Gasteiger partial charge in [0.25, 0.3) is 0 Å². The normalized spacial score (nSPS) is 41.2. The van der Waals surface area contributed by atoms with Crippen LogP contribution in [0.1, 0.15) is 107 Å². The summed E-state index contributed by atoms with van der Waals surface area (Å²) < 4.78 is 38.0. The van der Waals surface area contributed by atoms with E-state index in [1.807, 2.05) is 43.8 Å². The SMILES string of the molecule is CC[C@H]1OC(=O)[C@H](C)[C@@H](O[C@H]2C[C@@](C)(OC)[C@@H](O)[C@H](C)O2)[C@H](C)[C@@H](O[C@@H]2O[C@H](C)C[C@H](N(C)C)[C@H]2O)[C@](C)(O)C[C@@H](C)CN(CCCNC(=O)Nc2ccc(C#N)cc2)[C@H](C)[C@@H](O)[C@]1(C)O. The molecule has 0 bridgehead atoms. The highest BCUT2D eigenvalue weighted by Crippen LogP contribution is 2.40. The Morgan fingerprint density at radius 1 is 0.985 bits per heavy atom. The monoisotopic (exact) mass is 936 g/mol. The Kier molecular flexibility index (Phi) is 19.8. The molecule has 2 amide bonds. The van der Waals surface area contributed by atoms with Gasteiger partial charge in [-0.1, -0.05) is 20.8 Å². The molecule has 3 heterocycles. The molecule has 7 N–H and O–H groups in total. The highest BCUT2D eigenvalue weighted by Gasteiger charge is 2.53. The number of hydrogen-bond donors (Lipinski definition) is 7. The number of nitriles is 1. The third-order valence-electron chi connectivity index (χ3n) is 14.2. The summed E-state index contributed by atoms with van der Waals surface area (Å²) in [6.07, 6.45) is -8.74. The van der Waals surface area contributed by atoms with Crippen molar-refractivity contribution in [2.75, 3.05) is 46.2 Å². The second-order valence-electron chi connectivity index (χ2n) is 20.1. The fourth-order valence-electron chi connectivity index (χ4n) is 10.2. The number of likely N-dealkylation sites (N-methyl/N-ethyl adjacent to an activating group) is 1. The number of benzene rings is 1. The second-order valence-corrected chi connectivity index (χ2v) is 20.1. The summed E-state index contributed by atoms with van der Waals surface area (Å²) >= 11 is 0. The summed E-state index contributed by atoms with van der Waals surface area (Å²) in [7, 11) is 5.23. The molecule has 0 saturated carbocycles. The van der Waals surface area contributed by atoms with Crippen LogP contribution in [0.15, 0.2) is 24.3 Å². The number of methoxy groups -OCH3 is 1. The van der Waals surface area contributed by atoms with Gasteiger partial charge in [0.1, 0.15) is 30.0 Å². The Morgan fingerprint density at radius 3 is 2.23 bits per heavy atom. The van der Waals surface area contributed by atoms with Crippen LogP contribution in [0.3, 0.4) is 0 Å². The minimum atomic E-state index is -1.93. The zero-order valence-electron chi connectivity index (χ0n) is 41.5. The van der Waals surface area contributed by atoms with E-state index in [0.717, 1.165) is 0 Å². The van der Waals surface area contributed by atoms with Crippen LogP contribution in [0.2, 0.25) is 0 Å². The molecule has 66 heavy (non-hydrogen) atoms. The predicted octanol–water partition coefficient (Wildman–Crippen LogP) is 3.35. The van der Waals surface area contributed by atoms with Crippen LogP contribution >= 0.6 is 0 Å². The van der Waals surface area contributed by atoms with E-state index in [9.17, 15) is 35.1 Å². The van der Waals surface area contributed by atoms with Crippen molar-refractivity contribution < 1.29 is 63.5 Å². The van der Waals surface area contributed by atoms with E-state index in [-0.39, 0.29) is 43.9 Å². The first-order valence-corrected chi connectivity index (χ1v) is 23.6. The number of carbonyl (C=O) groups excluding carboxylic acids is 2. The largest absolute Gasteiger partial charge is 0.459 e. The van der Waals surface area contributed by atoms with E-state index in [2.05, 4.69) is 10.6 Å². The lowest BCUT2D eigenvalue weighted by Gasteiger charge is -2.48. The van der Waals surface area contributed by atoms with Gasteiger partial charge in [-0.25, -0.2) is 4.79 Å². The van der Waals surface area contributed by atoms with Crippen molar-refractivity contribution in [2.24, 2.45) is 17.8 Å². The quantitative estimate of drug-likeness (QED) is 0.117. The first-order valence-electron chi connectivity index (χ1n) is 23.6. The van der Waals surface area contributed by atoms with Gasteiger partial charge < -0.3 is 69.5 Å². The molecule has 0 spiro atoms. The Bertz CT molecular complexity index is 1750. The number of aliphatic hydroxyl groups is 5. The number of cyclic esters (lactones) is 1. The smallest absolute Gasteiger partial charge is 0.319 e. The number of esters is 1. The van der Waals surface area contributed by atoms with Crippen LogP contribution in [0, 0.1) is 29.1 Å². The fourth-order valence-corrected chi connectivity index (χ4v) is 10.2. The van der Waals surface area contributed by atoms with Crippen molar-refractivity contribution in [3.8, 4) is 6.07 Å². The molecule has 3 aliphatic heterocycles. The fraction of sp³-hybridized carbons (Fsp3) is 0.812. The molecule has 1 aromatic carbocycles. The number of aliphatic hydroxyl groups excluding tert-OH is 3. The first kappa shape index (κ1) is 55.6. The molecule has 0 aromatic heterocycles. The molecule has 0 aliphatic carbocycles. The molecule has 18 atom stereocenters. The summed E-state index contributed by atoms with van der Waals surface area (Å²) in [5.41, 5.74) is -3.68. The lowest BCUT2D eigenvalue weighted by Crippen LogP contribution is -2.60. The second kappa shape index (κ2) is 23.5. The van der Waals surface area contributed by atoms with Crippen LogP contribution in [-0.4, -0.2) is 178 Å². The number of anilines is 1. The molecule has 18 heteroatoms. The number of nitrogens with one attached hydrogen (secondary N) is 2. The molecular weight excluding hydrogens is 855 g/mol. The van der Waals surface area contributed by atoms with Crippen LogP contribution in [0.25, 0.3) is 0 Å². The van der Waals surface area contributed by atoms with E-state index < -0.39 is 102 Å². The summed E-state index contributed by atoms with van der Waals surface area (Å²) in [5.74, 6) is -2.93. The van der Waals surface area contributed by atoms with E-state index in [1.54, 1.807) is 72.7 Å². The maximum Gasteiger partial charge on any atom is 0.319 e. The van der Waals surface area contributed by atoms with Crippen LogP contribution in [-0.2, 0) is 33.2 Å². The van der Waals surface area contributed by atoms with Gasteiger partial charge in [-0.2, -0.15) is 5.26 Å². The van der Waals surface area contributed by atoms with Gasteiger partial charge in [-0.05, 0) is 118 Å². The van der Waals surface area contributed by atoms with E-state index in [4.69, 9.17) is 33.7 Å². The topological polar surface area (TPSA) is 245 Å². The van der Waals surface area contributed by atoms with E-state index in [1.165, 1.54) is 14.0 Å². The molecule has 3 saturated heterocycles. The van der Waals surface area contributed by atoms with E-state index in [0.29, 0.717) is 37.2 Å². The highest BCUT2D eigenvalue weighted by atomic mass is 16.7. The maximum atomic E-state index is 14.5. The van der Waals surface area contributed by atoms with Gasteiger partial charge in [-0.15, -0.1) is 0 Å². The minimum absolute atomic E-state index is 0.0922. The van der Waals surface area contributed by atoms with Gasteiger partial charge in [0.15, 0.2) is 12.6 Å². The average Bonchev–Trinajstić information content (AvgIpc) is 3.25. The molecule has 1 aromatic rings. The van der Waals surface area contributed by atoms with Gasteiger partial charge in [0.2, 0.25) is 0 Å². The maximum absolute atomic E-state index is 14.5. The van der Waals surface area contributed by atoms with Gasteiger partial charge in [-0.3, -0.25) is 9.69 Å².